The van der Waals surface area contributed by atoms with E-state index >= 15 is 0 Å². The van der Waals surface area contributed by atoms with Gasteiger partial charge in [-0.3, -0.25) is 9.48 Å². The second kappa shape index (κ2) is 5.88. The number of hydrogen-bond acceptors (Lipinski definition) is 3. The molecule has 0 spiro atoms. The van der Waals surface area contributed by atoms with Gasteiger partial charge >= 0.3 is 6.18 Å². The van der Waals surface area contributed by atoms with E-state index in [9.17, 15) is 18.0 Å². The topological polar surface area (TPSA) is 44.1 Å². The summed E-state index contributed by atoms with van der Waals surface area (Å²) in [7, 11) is 1.49. The summed E-state index contributed by atoms with van der Waals surface area (Å²) in [4.78, 5) is 11.1. The molecule has 8 heteroatoms. The van der Waals surface area contributed by atoms with E-state index in [1.54, 1.807) is 18.2 Å². The van der Waals surface area contributed by atoms with Gasteiger partial charge in [0.15, 0.2) is 0 Å². The Bertz CT molecular complexity index is 668. The second-order valence-electron chi connectivity index (χ2n) is 4.21. The third-order valence-electron chi connectivity index (χ3n) is 2.73. The first kappa shape index (κ1) is 15.6. The zero-order chi connectivity index (χ0) is 15.6. The van der Waals surface area contributed by atoms with E-state index in [0.29, 0.717) is 5.75 Å². The van der Waals surface area contributed by atoms with Gasteiger partial charge in [-0.15, -0.1) is 0 Å². The molecule has 2 aromatic rings. The fourth-order valence-electron chi connectivity index (χ4n) is 1.78. The fraction of sp³-hybridized carbons (Fsp3) is 0.231. The van der Waals surface area contributed by atoms with Gasteiger partial charge in [0, 0.05) is 16.2 Å². The zero-order valence-electron chi connectivity index (χ0n) is 10.8. The molecule has 1 heterocycles. The molecule has 0 aliphatic heterocycles. The number of aromatic nitrogens is 2. The van der Waals surface area contributed by atoms with Crippen molar-refractivity contribution in [3.63, 3.8) is 0 Å². The van der Waals surface area contributed by atoms with Gasteiger partial charge in [0.2, 0.25) is 0 Å². The van der Waals surface area contributed by atoms with Crippen molar-refractivity contribution in [2.75, 3.05) is 7.11 Å². The molecule has 0 amide bonds. The van der Waals surface area contributed by atoms with Crippen LogP contribution < -0.4 is 4.74 Å². The van der Waals surface area contributed by atoms with Gasteiger partial charge in [0.25, 0.3) is 5.78 Å². The van der Waals surface area contributed by atoms with Crippen LogP contribution in [-0.4, -0.2) is 28.8 Å². The predicted molar refractivity (Wildman–Crippen MR) is 72.4 cm³/mol. The summed E-state index contributed by atoms with van der Waals surface area (Å²) in [6.07, 6.45) is -2.93. The zero-order valence-corrected chi connectivity index (χ0v) is 12.4. The smallest absolute Gasteiger partial charge is 0.454 e. The molecule has 0 bridgehead atoms. The molecular weight excluding hydrogens is 353 g/mol. The van der Waals surface area contributed by atoms with E-state index in [1.807, 2.05) is 0 Å². The van der Waals surface area contributed by atoms with Crippen LogP contribution in [0.1, 0.15) is 15.9 Å². The van der Waals surface area contributed by atoms with Gasteiger partial charge in [0.05, 0.1) is 25.4 Å². The molecule has 0 saturated heterocycles. The monoisotopic (exact) mass is 362 g/mol. The highest BCUT2D eigenvalue weighted by atomic mass is 79.9. The van der Waals surface area contributed by atoms with E-state index in [4.69, 9.17) is 4.74 Å². The second-order valence-corrected chi connectivity index (χ2v) is 5.13. The highest BCUT2D eigenvalue weighted by Gasteiger charge is 2.39. The predicted octanol–water partition coefficient (Wildman–Crippen LogP) is 3.45. The summed E-state index contributed by atoms with van der Waals surface area (Å²) in [5.41, 5.74) is 0.234. The molecule has 0 atom stereocenters. The Labute approximate surface area is 126 Å². The van der Waals surface area contributed by atoms with Gasteiger partial charge in [-0.05, 0) is 18.2 Å². The van der Waals surface area contributed by atoms with Crippen LogP contribution in [0.15, 0.2) is 35.1 Å². The van der Waals surface area contributed by atoms with Crippen molar-refractivity contribution in [1.29, 1.82) is 0 Å². The Hall–Kier alpha value is -1.83. The number of alkyl halides is 3. The Morgan fingerprint density at radius 2 is 2.14 bits per heavy atom. The number of carbonyl (C=O) groups excluding carboxylic acids is 1. The summed E-state index contributed by atoms with van der Waals surface area (Å²) in [6.45, 7) is 0.188. The van der Waals surface area contributed by atoms with Crippen LogP contribution >= 0.6 is 15.9 Å². The van der Waals surface area contributed by atoms with Crippen LogP contribution in [0.2, 0.25) is 0 Å². The van der Waals surface area contributed by atoms with E-state index in [1.165, 1.54) is 11.8 Å². The summed E-state index contributed by atoms with van der Waals surface area (Å²) in [5, 5.41) is 3.78. The molecular formula is C13H10BrF3N2O2. The van der Waals surface area contributed by atoms with Crippen LogP contribution in [0, 0.1) is 0 Å². The number of ketones is 1. The maximum Gasteiger partial charge on any atom is 0.454 e. The largest absolute Gasteiger partial charge is 0.496 e. The minimum atomic E-state index is -4.90. The lowest BCUT2D eigenvalue weighted by molar-refractivity contribution is -0.0885. The molecule has 0 unspecified atom stereocenters. The number of hydrogen-bond donors (Lipinski definition) is 0. The molecule has 0 fully saturated rings. The third-order valence-corrected chi connectivity index (χ3v) is 3.22. The molecule has 0 saturated carbocycles. The lowest BCUT2D eigenvalue weighted by atomic mass is 10.2. The molecule has 2 rings (SSSR count). The number of rotatable bonds is 4. The lowest BCUT2D eigenvalue weighted by Gasteiger charge is -2.09. The van der Waals surface area contributed by atoms with Gasteiger partial charge in [-0.1, -0.05) is 15.9 Å². The third kappa shape index (κ3) is 3.63. The maximum atomic E-state index is 12.3. The van der Waals surface area contributed by atoms with Crippen molar-refractivity contribution < 1.29 is 22.7 Å². The highest BCUT2D eigenvalue weighted by Crippen LogP contribution is 2.25. The Balaban J connectivity index is 2.24. The highest BCUT2D eigenvalue weighted by molar-refractivity contribution is 9.10. The molecule has 4 nitrogen and oxygen atoms in total. The lowest BCUT2D eigenvalue weighted by Crippen LogP contribution is -2.22. The molecule has 0 aliphatic carbocycles. The van der Waals surface area contributed by atoms with Crippen molar-refractivity contribution in [1.82, 2.24) is 9.78 Å². The van der Waals surface area contributed by atoms with Crippen LogP contribution in [0.3, 0.4) is 0 Å². The Morgan fingerprint density at radius 1 is 1.43 bits per heavy atom. The number of Topliss-reactive ketones (excluding diaryl/α,β-unsaturated/α-hetero) is 1. The number of carbonyl (C=O) groups is 1. The number of ether oxygens (including phenoxy) is 1. The number of halogens is 4. The van der Waals surface area contributed by atoms with Crippen molar-refractivity contribution in [3.8, 4) is 5.75 Å². The van der Waals surface area contributed by atoms with Gasteiger partial charge in [-0.25, -0.2) is 0 Å². The van der Waals surface area contributed by atoms with Crippen LogP contribution in [0.25, 0.3) is 0 Å². The van der Waals surface area contributed by atoms with Gasteiger partial charge in [-0.2, -0.15) is 18.3 Å². The summed E-state index contributed by atoms with van der Waals surface area (Å²) >= 11 is 3.31. The Kier molecular flexibility index (Phi) is 4.36. The molecule has 0 N–H and O–H groups in total. The van der Waals surface area contributed by atoms with Crippen molar-refractivity contribution >= 4 is 21.7 Å². The SMILES string of the molecule is COc1ccc(Br)cc1Cn1cc(C(=O)C(F)(F)F)cn1. The quantitative estimate of drug-likeness (QED) is 0.782. The fourth-order valence-corrected chi connectivity index (χ4v) is 2.18. The maximum absolute atomic E-state index is 12.3. The van der Waals surface area contributed by atoms with Crippen molar-refractivity contribution in [3.05, 3.63) is 46.2 Å². The average Bonchev–Trinajstić information content (AvgIpc) is 2.85. The summed E-state index contributed by atoms with van der Waals surface area (Å²) < 4.78 is 44.2. The van der Waals surface area contributed by atoms with Gasteiger partial charge < -0.3 is 4.74 Å². The van der Waals surface area contributed by atoms with E-state index in [0.717, 1.165) is 22.4 Å². The normalized spacial score (nSPS) is 11.5. The average molecular weight is 363 g/mol. The van der Waals surface area contributed by atoms with Crippen molar-refractivity contribution in [2.45, 2.75) is 12.7 Å². The standard InChI is InChI=1S/C13H10BrF3N2O2/c1-21-11-3-2-10(14)4-8(11)6-19-7-9(5-18-19)12(20)13(15,16)17/h2-5,7H,6H2,1H3. The Morgan fingerprint density at radius 3 is 2.76 bits per heavy atom. The van der Waals surface area contributed by atoms with Gasteiger partial charge in [0.1, 0.15) is 5.75 Å². The first-order valence-electron chi connectivity index (χ1n) is 5.77. The van der Waals surface area contributed by atoms with Crippen LogP contribution in [-0.2, 0) is 6.54 Å². The minimum absolute atomic E-state index is 0.188. The molecule has 0 aliphatic rings. The van der Waals surface area contributed by atoms with E-state index in [2.05, 4.69) is 21.0 Å². The molecule has 112 valence electrons. The number of methoxy groups -OCH3 is 1. The number of nitrogens with zero attached hydrogens (tertiary/aromatic N) is 2. The van der Waals surface area contributed by atoms with E-state index in [-0.39, 0.29) is 6.54 Å². The molecule has 21 heavy (non-hydrogen) atoms. The first-order chi connectivity index (χ1) is 9.81. The molecule has 1 aromatic heterocycles. The van der Waals surface area contributed by atoms with Crippen LogP contribution in [0.5, 0.6) is 5.75 Å². The van der Waals surface area contributed by atoms with Crippen LogP contribution in [0.4, 0.5) is 13.2 Å². The van der Waals surface area contributed by atoms with Crippen molar-refractivity contribution in [2.24, 2.45) is 0 Å². The molecule has 0 radical (unpaired) electrons. The van der Waals surface area contributed by atoms with E-state index < -0.39 is 17.5 Å². The number of benzene rings is 1. The summed E-state index contributed by atoms with van der Waals surface area (Å²) in [6, 6.07) is 5.28. The summed E-state index contributed by atoms with van der Waals surface area (Å²) in [5.74, 6) is -1.33. The molecule has 1 aromatic carbocycles. The first-order valence-corrected chi connectivity index (χ1v) is 6.57. The minimum Gasteiger partial charge on any atom is -0.496 e.